The van der Waals surface area contributed by atoms with E-state index in [4.69, 9.17) is 14.2 Å². The molecule has 1 heterocycles. The molecule has 5 heteroatoms. The van der Waals surface area contributed by atoms with E-state index < -0.39 is 0 Å². The van der Waals surface area contributed by atoms with Crippen LogP contribution in [0.5, 0.6) is 17.2 Å². The summed E-state index contributed by atoms with van der Waals surface area (Å²) in [5, 5.41) is 0. The standard InChI is InChI=1S/C20H25NO4/c1-15-20(25-18-5-3-4-6-18)19(22)11-12-21(15)13-14-24-17-9-7-16(23-2)8-10-17/h7-12,18H,3-6,13-14H2,1-2H3. The van der Waals surface area contributed by atoms with Crippen molar-refractivity contribution >= 4 is 0 Å². The zero-order valence-corrected chi connectivity index (χ0v) is 14.9. The number of rotatable bonds is 7. The number of ether oxygens (including phenoxy) is 3. The zero-order valence-electron chi connectivity index (χ0n) is 14.9. The lowest BCUT2D eigenvalue weighted by Crippen LogP contribution is -2.21. The van der Waals surface area contributed by atoms with Crippen molar-refractivity contribution in [1.82, 2.24) is 4.57 Å². The first kappa shape index (κ1) is 17.4. The van der Waals surface area contributed by atoms with Gasteiger partial charge in [0.1, 0.15) is 18.1 Å². The zero-order chi connectivity index (χ0) is 17.6. The van der Waals surface area contributed by atoms with Gasteiger partial charge in [-0.3, -0.25) is 4.79 Å². The van der Waals surface area contributed by atoms with Crippen molar-refractivity contribution in [1.29, 1.82) is 0 Å². The van der Waals surface area contributed by atoms with Gasteiger partial charge in [0, 0.05) is 12.3 Å². The van der Waals surface area contributed by atoms with Crippen LogP contribution in [0.15, 0.2) is 41.3 Å². The second-order valence-corrected chi connectivity index (χ2v) is 6.34. The molecule has 1 aromatic carbocycles. The smallest absolute Gasteiger partial charge is 0.223 e. The van der Waals surface area contributed by atoms with Gasteiger partial charge in [0.25, 0.3) is 0 Å². The lowest BCUT2D eigenvalue weighted by molar-refractivity contribution is 0.203. The fraction of sp³-hybridized carbons (Fsp3) is 0.450. The molecule has 0 spiro atoms. The molecule has 0 N–H and O–H groups in total. The van der Waals surface area contributed by atoms with E-state index in [-0.39, 0.29) is 11.5 Å². The Morgan fingerprint density at radius 2 is 1.76 bits per heavy atom. The van der Waals surface area contributed by atoms with Gasteiger partial charge in [-0.25, -0.2) is 0 Å². The SMILES string of the molecule is COc1ccc(OCCn2ccc(=O)c(OC3CCCC3)c2C)cc1. The first-order valence-corrected chi connectivity index (χ1v) is 8.81. The normalized spacial score (nSPS) is 14.5. The molecule has 0 amide bonds. The maximum Gasteiger partial charge on any atom is 0.223 e. The molecule has 0 saturated heterocycles. The minimum atomic E-state index is -0.0447. The van der Waals surface area contributed by atoms with E-state index in [0.717, 1.165) is 30.0 Å². The number of pyridine rings is 1. The molecule has 134 valence electrons. The average Bonchev–Trinajstić information content (AvgIpc) is 3.14. The van der Waals surface area contributed by atoms with E-state index >= 15 is 0 Å². The summed E-state index contributed by atoms with van der Waals surface area (Å²) in [5.41, 5.74) is 0.814. The Balaban J connectivity index is 1.62. The summed E-state index contributed by atoms with van der Waals surface area (Å²) in [5.74, 6) is 2.08. The molecular weight excluding hydrogens is 318 g/mol. The van der Waals surface area contributed by atoms with Crippen molar-refractivity contribution < 1.29 is 14.2 Å². The summed E-state index contributed by atoms with van der Waals surface area (Å²) in [6.45, 7) is 3.09. The number of nitrogens with zero attached hydrogens (tertiary/aromatic N) is 1. The lowest BCUT2D eigenvalue weighted by Gasteiger charge is -2.18. The second kappa shape index (κ2) is 8.10. The van der Waals surface area contributed by atoms with Crippen LogP contribution >= 0.6 is 0 Å². The molecule has 0 atom stereocenters. The highest BCUT2D eigenvalue weighted by Crippen LogP contribution is 2.24. The third-order valence-corrected chi connectivity index (χ3v) is 4.64. The maximum atomic E-state index is 12.2. The monoisotopic (exact) mass is 343 g/mol. The van der Waals surface area contributed by atoms with Crippen molar-refractivity contribution in [3.8, 4) is 17.2 Å². The molecule has 0 bridgehead atoms. The van der Waals surface area contributed by atoms with Gasteiger partial charge in [-0.2, -0.15) is 0 Å². The maximum absolute atomic E-state index is 12.2. The molecule has 25 heavy (non-hydrogen) atoms. The van der Waals surface area contributed by atoms with E-state index in [1.54, 1.807) is 19.4 Å². The predicted molar refractivity (Wildman–Crippen MR) is 96.8 cm³/mol. The summed E-state index contributed by atoms with van der Waals surface area (Å²) < 4.78 is 18.9. The molecule has 1 aliphatic rings. The number of hydrogen-bond donors (Lipinski definition) is 0. The quantitative estimate of drug-likeness (QED) is 0.771. The Morgan fingerprint density at radius 1 is 1.08 bits per heavy atom. The van der Waals surface area contributed by atoms with Crippen LogP contribution in [-0.4, -0.2) is 24.4 Å². The Bertz CT molecular complexity index is 745. The van der Waals surface area contributed by atoms with Crippen molar-refractivity contribution in [3.05, 3.63) is 52.4 Å². The van der Waals surface area contributed by atoms with Gasteiger partial charge in [0.05, 0.1) is 25.5 Å². The molecule has 1 aromatic heterocycles. The number of benzene rings is 1. The van der Waals surface area contributed by atoms with Crippen LogP contribution in [0.4, 0.5) is 0 Å². The number of aromatic nitrogens is 1. The highest BCUT2D eigenvalue weighted by molar-refractivity contribution is 5.31. The van der Waals surface area contributed by atoms with Gasteiger partial charge in [0.2, 0.25) is 5.43 Å². The van der Waals surface area contributed by atoms with E-state index in [1.807, 2.05) is 35.8 Å². The highest BCUT2D eigenvalue weighted by atomic mass is 16.5. The van der Waals surface area contributed by atoms with Crippen molar-refractivity contribution in [2.45, 2.75) is 45.3 Å². The molecular formula is C20H25NO4. The van der Waals surface area contributed by atoms with Crippen LogP contribution < -0.4 is 19.6 Å². The first-order valence-electron chi connectivity index (χ1n) is 8.81. The number of hydrogen-bond acceptors (Lipinski definition) is 4. The minimum absolute atomic E-state index is 0.0447. The molecule has 0 radical (unpaired) electrons. The third-order valence-electron chi connectivity index (χ3n) is 4.64. The fourth-order valence-electron chi connectivity index (χ4n) is 3.15. The van der Waals surface area contributed by atoms with Gasteiger partial charge in [-0.05, 0) is 56.9 Å². The third kappa shape index (κ3) is 4.35. The Morgan fingerprint density at radius 3 is 2.44 bits per heavy atom. The topological polar surface area (TPSA) is 49.7 Å². The molecule has 3 rings (SSSR count). The minimum Gasteiger partial charge on any atom is -0.497 e. The lowest BCUT2D eigenvalue weighted by atomic mass is 10.2. The molecule has 0 unspecified atom stereocenters. The Kier molecular flexibility index (Phi) is 5.64. The molecule has 1 saturated carbocycles. The predicted octanol–water partition coefficient (Wildman–Crippen LogP) is 3.57. The van der Waals surface area contributed by atoms with Crippen molar-refractivity contribution in [2.24, 2.45) is 0 Å². The van der Waals surface area contributed by atoms with Gasteiger partial charge in [-0.1, -0.05) is 0 Å². The van der Waals surface area contributed by atoms with Gasteiger partial charge in [0.15, 0.2) is 5.75 Å². The summed E-state index contributed by atoms with van der Waals surface area (Å²) >= 11 is 0. The van der Waals surface area contributed by atoms with Crippen LogP contribution in [0.3, 0.4) is 0 Å². The van der Waals surface area contributed by atoms with Gasteiger partial charge in [-0.15, -0.1) is 0 Å². The largest absolute Gasteiger partial charge is 0.497 e. The second-order valence-electron chi connectivity index (χ2n) is 6.34. The highest BCUT2D eigenvalue weighted by Gasteiger charge is 2.19. The first-order chi connectivity index (χ1) is 12.2. The summed E-state index contributed by atoms with van der Waals surface area (Å²) in [6.07, 6.45) is 6.41. The van der Waals surface area contributed by atoms with Crippen LogP contribution in [-0.2, 0) is 6.54 Å². The van der Waals surface area contributed by atoms with Crippen LogP contribution in [0, 0.1) is 6.92 Å². The van der Waals surface area contributed by atoms with Crippen LogP contribution in [0.1, 0.15) is 31.4 Å². The number of methoxy groups -OCH3 is 1. The fourth-order valence-corrected chi connectivity index (χ4v) is 3.15. The van der Waals surface area contributed by atoms with E-state index in [9.17, 15) is 4.79 Å². The summed E-state index contributed by atoms with van der Waals surface area (Å²) in [4.78, 5) is 12.2. The Hall–Kier alpha value is -2.43. The van der Waals surface area contributed by atoms with Gasteiger partial charge >= 0.3 is 0 Å². The van der Waals surface area contributed by atoms with E-state index in [1.165, 1.54) is 12.8 Å². The van der Waals surface area contributed by atoms with Crippen molar-refractivity contribution in [3.63, 3.8) is 0 Å². The molecule has 1 fully saturated rings. The van der Waals surface area contributed by atoms with Gasteiger partial charge < -0.3 is 18.8 Å². The van der Waals surface area contributed by atoms with E-state index in [0.29, 0.717) is 18.9 Å². The van der Waals surface area contributed by atoms with E-state index in [2.05, 4.69) is 0 Å². The van der Waals surface area contributed by atoms with Crippen LogP contribution in [0.25, 0.3) is 0 Å². The Labute approximate surface area is 148 Å². The molecule has 0 aliphatic heterocycles. The van der Waals surface area contributed by atoms with Crippen molar-refractivity contribution in [2.75, 3.05) is 13.7 Å². The average molecular weight is 343 g/mol. The molecule has 1 aliphatic carbocycles. The summed E-state index contributed by atoms with van der Waals surface area (Å²) in [6, 6.07) is 9.07. The van der Waals surface area contributed by atoms with Crippen LogP contribution in [0.2, 0.25) is 0 Å². The molecule has 5 nitrogen and oxygen atoms in total. The summed E-state index contributed by atoms with van der Waals surface area (Å²) in [7, 11) is 1.64. The molecule has 2 aromatic rings.